The van der Waals surface area contributed by atoms with Crippen LogP contribution in [0.4, 0.5) is 0 Å². The molecule has 1 aromatic rings. The average Bonchev–Trinajstić information content (AvgIpc) is 3.16. The Kier molecular flexibility index (Phi) is 4.28. The second kappa shape index (κ2) is 6.99. The molecule has 2 saturated carbocycles. The smallest absolute Gasteiger partial charge is 0.174 e. The molecule has 30 heavy (non-hydrogen) atoms. The number of benzene rings is 1. The predicted octanol–water partition coefficient (Wildman–Crippen LogP) is 3.47. The van der Waals surface area contributed by atoms with Gasteiger partial charge < -0.3 is 0 Å². The van der Waals surface area contributed by atoms with Crippen LogP contribution in [-0.2, 0) is 19.2 Å². The summed E-state index contributed by atoms with van der Waals surface area (Å²) in [6.45, 7) is 0. The van der Waals surface area contributed by atoms with Crippen molar-refractivity contribution in [3.63, 3.8) is 0 Å². The lowest BCUT2D eigenvalue weighted by molar-refractivity contribution is -0.118. The first-order valence-corrected chi connectivity index (χ1v) is 9.95. The van der Waals surface area contributed by atoms with Crippen molar-refractivity contribution in [1.29, 1.82) is 0 Å². The third-order valence-corrected chi connectivity index (χ3v) is 6.10. The van der Waals surface area contributed by atoms with Crippen LogP contribution in [0.2, 0.25) is 0 Å². The van der Waals surface area contributed by atoms with E-state index in [1.807, 2.05) is 0 Å². The second-order valence-corrected chi connectivity index (χ2v) is 7.88. The van der Waals surface area contributed by atoms with Gasteiger partial charge in [-0.2, -0.15) is 0 Å². The van der Waals surface area contributed by atoms with Gasteiger partial charge in [0.05, 0.1) is 34.8 Å². The molecule has 0 aliphatic heterocycles. The minimum absolute atomic E-state index is 0.150. The molecule has 4 aliphatic carbocycles. The van der Waals surface area contributed by atoms with E-state index in [9.17, 15) is 19.2 Å². The SMILES string of the molecule is O=C1C(=Cc2ccc(C=C3C(=O)C4C=CC=CC4C3=O)cc2)C(=O)C2C=CC=CC12. The molecule has 4 atom stereocenters. The van der Waals surface area contributed by atoms with Crippen LogP contribution in [0.1, 0.15) is 11.1 Å². The van der Waals surface area contributed by atoms with E-state index < -0.39 is 23.7 Å². The summed E-state index contributed by atoms with van der Waals surface area (Å²) in [5.74, 6) is -2.20. The normalized spacial score (nSPS) is 28.9. The van der Waals surface area contributed by atoms with Gasteiger partial charge in [-0.15, -0.1) is 0 Å². The van der Waals surface area contributed by atoms with Gasteiger partial charge in [-0.05, 0) is 23.3 Å². The molecule has 0 amide bonds. The van der Waals surface area contributed by atoms with Gasteiger partial charge in [0.1, 0.15) is 0 Å². The number of ketones is 4. The molecule has 0 radical (unpaired) electrons. The van der Waals surface area contributed by atoms with Gasteiger partial charge in [-0.1, -0.05) is 72.9 Å². The van der Waals surface area contributed by atoms with Gasteiger partial charge in [0, 0.05) is 0 Å². The Balaban J connectivity index is 1.40. The van der Waals surface area contributed by atoms with Crippen molar-refractivity contribution >= 4 is 35.3 Å². The molecular weight excluding hydrogens is 376 g/mol. The molecular formula is C26H18O4. The quantitative estimate of drug-likeness (QED) is 0.569. The van der Waals surface area contributed by atoms with E-state index in [0.717, 1.165) is 11.1 Å². The van der Waals surface area contributed by atoms with E-state index in [1.165, 1.54) is 0 Å². The van der Waals surface area contributed by atoms with Gasteiger partial charge in [0.2, 0.25) is 0 Å². The van der Waals surface area contributed by atoms with E-state index in [4.69, 9.17) is 0 Å². The Hall–Kier alpha value is -3.66. The molecule has 4 nitrogen and oxygen atoms in total. The summed E-state index contributed by atoms with van der Waals surface area (Å²) in [5.41, 5.74) is 1.89. The molecule has 0 aromatic heterocycles. The standard InChI is InChI=1S/C26H18O4/c27-23-17-5-1-2-6-18(17)24(28)21(23)13-15-9-11-16(12-10-15)14-22-25(29)19-7-3-4-8-20(19)26(22)30/h1-14,17-20H. The van der Waals surface area contributed by atoms with E-state index in [2.05, 4.69) is 0 Å². The van der Waals surface area contributed by atoms with Crippen LogP contribution in [0, 0.1) is 23.7 Å². The summed E-state index contributed by atoms with van der Waals surface area (Å²) < 4.78 is 0. The van der Waals surface area contributed by atoms with Crippen LogP contribution in [0.5, 0.6) is 0 Å². The van der Waals surface area contributed by atoms with Crippen molar-refractivity contribution in [2.75, 3.05) is 0 Å². The lowest BCUT2D eigenvalue weighted by Crippen LogP contribution is -2.14. The fraction of sp³-hybridized carbons (Fsp3) is 0.154. The number of carbonyl (C=O) groups is 4. The number of rotatable bonds is 2. The fourth-order valence-electron chi connectivity index (χ4n) is 4.48. The Morgan fingerprint density at radius 3 is 1.00 bits per heavy atom. The molecule has 4 aliphatic rings. The summed E-state index contributed by atoms with van der Waals surface area (Å²) in [4.78, 5) is 50.3. The predicted molar refractivity (Wildman–Crippen MR) is 113 cm³/mol. The maximum Gasteiger partial charge on any atom is 0.174 e. The molecule has 0 heterocycles. The minimum atomic E-state index is -0.399. The fourth-order valence-corrected chi connectivity index (χ4v) is 4.48. The van der Waals surface area contributed by atoms with Gasteiger partial charge in [0.25, 0.3) is 0 Å². The lowest BCUT2D eigenvalue weighted by atomic mass is 9.91. The Bertz CT molecular complexity index is 1010. The first kappa shape index (κ1) is 18.4. The van der Waals surface area contributed by atoms with Crippen molar-refractivity contribution in [3.8, 4) is 0 Å². The topological polar surface area (TPSA) is 68.3 Å². The molecule has 0 saturated heterocycles. The van der Waals surface area contributed by atoms with Crippen LogP contribution in [0.25, 0.3) is 12.2 Å². The Morgan fingerprint density at radius 1 is 0.467 bits per heavy atom. The van der Waals surface area contributed by atoms with Gasteiger partial charge >= 0.3 is 0 Å². The molecule has 4 unspecified atom stereocenters. The Morgan fingerprint density at radius 2 is 0.733 bits per heavy atom. The van der Waals surface area contributed by atoms with Crippen molar-refractivity contribution in [1.82, 2.24) is 0 Å². The molecule has 5 rings (SSSR count). The maximum absolute atomic E-state index is 12.6. The highest BCUT2D eigenvalue weighted by atomic mass is 16.2. The third kappa shape index (κ3) is 2.84. The Labute approximate surface area is 173 Å². The summed E-state index contributed by atoms with van der Waals surface area (Å²) in [7, 11) is 0. The van der Waals surface area contributed by atoms with Crippen LogP contribution in [-0.4, -0.2) is 23.1 Å². The zero-order valence-corrected chi connectivity index (χ0v) is 16.0. The van der Waals surface area contributed by atoms with E-state index in [0.29, 0.717) is 0 Å². The number of Topliss-reactive ketones (excluding diaryl/α,β-unsaturated/α-hetero) is 4. The largest absolute Gasteiger partial charge is 0.293 e. The third-order valence-electron chi connectivity index (χ3n) is 6.10. The average molecular weight is 394 g/mol. The number of allylic oxidation sites excluding steroid dienone is 10. The molecule has 0 N–H and O–H groups in total. The first-order chi connectivity index (χ1) is 14.5. The molecule has 146 valence electrons. The first-order valence-electron chi connectivity index (χ1n) is 9.95. The summed E-state index contributed by atoms with van der Waals surface area (Å²) in [6.07, 6.45) is 17.5. The monoisotopic (exact) mass is 394 g/mol. The number of hydrogen-bond donors (Lipinski definition) is 0. The molecule has 2 fully saturated rings. The molecule has 1 aromatic carbocycles. The summed E-state index contributed by atoms with van der Waals surface area (Å²) >= 11 is 0. The highest BCUT2D eigenvalue weighted by Gasteiger charge is 2.44. The highest BCUT2D eigenvalue weighted by Crippen LogP contribution is 2.36. The van der Waals surface area contributed by atoms with Crippen molar-refractivity contribution in [3.05, 3.63) is 95.1 Å². The summed E-state index contributed by atoms with van der Waals surface area (Å²) in [5, 5.41) is 0. The molecule has 0 spiro atoms. The molecule has 4 heteroatoms. The van der Waals surface area contributed by atoms with Gasteiger partial charge in [-0.3, -0.25) is 19.2 Å². The molecule has 0 bridgehead atoms. The van der Waals surface area contributed by atoms with Gasteiger partial charge in [-0.25, -0.2) is 0 Å². The lowest BCUT2D eigenvalue weighted by Gasteiger charge is -2.10. The van der Waals surface area contributed by atoms with Crippen LogP contribution >= 0.6 is 0 Å². The maximum atomic E-state index is 12.6. The van der Waals surface area contributed by atoms with E-state index in [1.54, 1.807) is 85.0 Å². The second-order valence-electron chi connectivity index (χ2n) is 7.88. The number of hydrogen-bond acceptors (Lipinski definition) is 4. The van der Waals surface area contributed by atoms with Crippen LogP contribution < -0.4 is 0 Å². The van der Waals surface area contributed by atoms with Crippen LogP contribution in [0.15, 0.2) is 84.0 Å². The minimum Gasteiger partial charge on any atom is -0.293 e. The van der Waals surface area contributed by atoms with E-state index in [-0.39, 0.29) is 34.3 Å². The van der Waals surface area contributed by atoms with Crippen molar-refractivity contribution in [2.45, 2.75) is 0 Å². The van der Waals surface area contributed by atoms with E-state index >= 15 is 0 Å². The zero-order chi connectivity index (χ0) is 20.8. The number of fused-ring (bicyclic) bond motifs is 2. The highest BCUT2D eigenvalue weighted by molar-refractivity contribution is 6.31. The van der Waals surface area contributed by atoms with Crippen LogP contribution in [0.3, 0.4) is 0 Å². The number of carbonyl (C=O) groups excluding carboxylic acids is 4. The van der Waals surface area contributed by atoms with Crippen molar-refractivity contribution < 1.29 is 19.2 Å². The summed E-state index contributed by atoms with van der Waals surface area (Å²) in [6, 6.07) is 7.13. The van der Waals surface area contributed by atoms with Crippen molar-refractivity contribution in [2.24, 2.45) is 23.7 Å². The van der Waals surface area contributed by atoms with Gasteiger partial charge in [0.15, 0.2) is 23.1 Å². The zero-order valence-electron chi connectivity index (χ0n) is 16.0.